The zero-order valence-corrected chi connectivity index (χ0v) is 20.3. The molecule has 5 nitrogen and oxygen atoms in total. The van der Waals surface area contributed by atoms with Crippen LogP contribution in [-0.2, 0) is 17.0 Å². The van der Waals surface area contributed by atoms with Crippen LogP contribution in [-0.4, -0.2) is 28.2 Å². The lowest BCUT2D eigenvalue weighted by Crippen LogP contribution is -2.47. The molecule has 0 saturated heterocycles. The fourth-order valence-electron chi connectivity index (χ4n) is 4.64. The molecular formula is C27H24Cl2N2O3. The number of hydrogen-bond donors (Lipinski definition) is 0. The fourth-order valence-corrected chi connectivity index (χ4v) is 4.88. The molecule has 34 heavy (non-hydrogen) atoms. The van der Waals surface area contributed by atoms with Crippen molar-refractivity contribution in [1.82, 2.24) is 9.88 Å². The zero-order valence-electron chi connectivity index (χ0n) is 18.8. The number of Topliss-reactive ketones (excluding diaryl/α,β-unsaturated/α-hetero) is 1. The maximum atomic E-state index is 13.9. The summed E-state index contributed by atoms with van der Waals surface area (Å²) in [6.07, 6.45) is 4.98. The number of hydrogen-bond acceptors (Lipinski definition) is 4. The van der Waals surface area contributed by atoms with Crippen molar-refractivity contribution in [3.05, 3.63) is 98.8 Å². The summed E-state index contributed by atoms with van der Waals surface area (Å²) in [7, 11) is 0. The highest BCUT2D eigenvalue weighted by Crippen LogP contribution is 2.47. The van der Waals surface area contributed by atoms with Gasteiger partial charge in [0.2, 0.25) is 0 Å². The van der Waals surface area contributed by atoms with Crippen molar-refractivity contribution in [2.24, 2.45) is 5.92 Å². The Balaban J connectivity index is 1.68. The van der Waals surface area contributed by atoms with Crippen LogP contribution >= 0.6 is 23.2 Å². The second-order valence-corrected chi connectivity index (χ2v) is 9.81. The summed E-state index contributed by atoms with van der Waals surface area (Å²) in [5, 5.41) is 1.12. The van der Waals surface area contributed by atoms with Crippen molar-refractivity contribution in [1.29, 1.82) is 0 Å². The first kappa shape index (κ1) is 23.0. The van der Waals surface area contributed by atoms with E-state index in [2.05, 4.69) is 4.98 Å². The molecule has 3 aromatic rings. The number of rotatable bonds is 7. The Morgan fingerprint density at radius 1 is 1.09 bits per heavy atom. The van der Waals surface area contributed by atoms with Gasteiger partial charge in [0.25, 0.3) is 5.91 Å². The molecule has 0 spiro atoms. The second kappa shape index (κ2) is 9.14. The van der Waals surface area contributed by atoms with Crippen LogP contribution in [0, 0.1) is 5.92 Å². The Bertz CT molecular complexity index is 1240. The van der Waals surface area contributed by atoms with Crippen molar-refractivity contribution in [2.45, 2.75) is 38.5 Å². The van der Waals surface area contributed by atoms with Crippen LogP contribution in [0.3, 0.4) is 0 Å². The van der Waals surface area contributed by atoms with Crippen molar-refractivity contribution in [3.8, 4) is 0 Å². The number of nitrogens with zero attached hydrogens (tertiary/aromatic N) is 2. The van der Waals surface area contributed by atoms with E-state index in [0.29, 0.717) is 39.4 Å². The van der Waals surface area contributed by atoms with Crippen LogP contribution in [0.1, 0.15) is 63.7 Å². The molecule has 1 unspecified atom stereocenters. The minimum absolute atomic E-state index is 0.0964. The molecule has 2 aliphatic rings. The van der Waals surface area contributed by atoms with Gasteiger partial charge in [0, 0.05) is 33.5 Å². The van der Waals surface area contributed by atoms with Crippen LogP contribution in [0.4, 0.5) is 0 Å². The van der Waals surface area contributed by atoms with Crippen LogP contribution < -0.4 is 0 Å². The van der Waals surface area contributed by atoms with Gasteiger partial charge in [0.05, 0.1) is 23.9 Å². The van der Waals surface area contributed by atoms with Gasteiger partial charge >= 0.3 is 0 Å². The molecule has 174 valence electrons. The third-order valence-electron chi connectivity index (χ3n) is 6.74. The molecule has 0 N–H and O–H groups in total. The van der Waals surface area contributed by atoms with E-state index < -0.39 is 5.72 Å². The number of halogens is 2. The maximum absolute atomic E-state index is 13.9. The van der Waals surface area contributed by atoms with Gasteiger partial charge < -0.3 is 4.74 Å². The number of amides is 1. The summed E-state index contributed by atoms with van der Waals surface area (Å²) in [6.45, 7) is 2.23. The minimum atomic E-state index is -1.16. The number of pyridine rings is 1. The first-order valence-corrected chi connectivity index (χ1v) is 12.1. The molecule has 0 radical (unpaired) electrons. The normalized spacial score (nSPS) is 19.7. The molecule has 1 aromatic heterocycles. The van der Waals surface area contributed by atoms with Crippen molar-refractivity contribution in [3.63, 3.8) is 0 Å². The molecular weight excluding hydrogens is 471 g/mol. The molecule has 1 aliphatic carbocycles. The first-order chi connectivity index (χ1) is 16.4. The minimum Gasteiger partial charge on any atom is -0.347 e. The topological polar surface area (TPSA) is 59.5 Å². The smallest absolute Gasteiger partial charge is 0.257 e. The van der Waals surface area contributed by atoms with E-state index in [4.69, 9.17) is 27.9 Å². The van der Waals surface area contributed by atoms with Crippen LogP contribution in [0.25, 0.3) is 0 Å². The highest BCUT2D eigenvalue weighted by Gasteiger charge is 2.53. The Morgan fingerprint density at radius 2 is 1.82 bits per heavy atom. The summed E-state index contributed by atoms with van der Waals surface area (Å²) >= 11 is 12.2. The molecule has 0 bridgehead atoms. The Labute approximate surface area is 208 Å². The Morgan fingerprint density at radius 3 is 2.44 bits per heavy atom. The van der Waals surface area contributed by atoms with Crippen LogP contribution in [0.15, 0.2) is 60.8 Å². The fraction of sp³-hybridized carbons (Fsp3) is 0.296. The number of ether oxygens (including phenoxy) is 1. The lowest BCUT2D eigenvalue weighted by molar-refractivity contribution is -0.128. The molecule has 1 aliphatic heterocycles. The van der Waals surface area contributed by atoms with Crippen molar-refractivity contribution < 1.29 is 14.3 Å². The second-order valence-electron chi connectivity index (χ2n) is 8.93. The molecule has 5 rings (SSSR count). The maximum Gasteiger partial charge on any atom is 0.257 e. The average Bonchev–Trinajstić information content (AvgIpc) is 3.03. The van der Waals surface area contributed by atoms with Gasteiger partial charge in [-0.2, -0.15) is 0 Å². The lowest BCUT2D eigenvalue weighted by atomic mass is 9.85. The molecule has 1 fully saturated rings. The van der Waals surface area contributed by atoms with Gasteiger partial charge in [-0.15, -0.1) is 0 Å². The monoisotopic (exact) mass is 494 g/mol. The van der Waals surface area contributed by atoms with E-state index >= 15 is 0 Å². The number of carbonyl (C=O) groups is 2. The van der Waals surface area contributed by atoms with Gasteiger partial charge in [0.1, 0.15) is 0 Å². The number of benzene rings is 2. The van der Waals surface area contributed by atoms with Crippen molar-refractivity contribution >= 4 is 34.9 Å². The number of aromatic nitrogens is 1. The predicted octanol–water partition coefficient (Wildman–Crippen LogP) is 6.26. The largest absolute Gasteiger partial charge is 0.347 e. The number of fused-ring (bicyclic) bond motifs is 1. The average molecular weight is 495 g/mol. The summed E-state index contributed by atoms with van der Waals surface area (Å²) in [5.41, 5.74) is 1.99. The number of ketones is 1. The Kier molecular flexibility index (Phi) is 6.19. The highest BCUT2D eigenvalue weighted by atomic mass is 35.5. The van der Waals surface area contributed by atoms with Crippen LogP contribution in [0.2, 0.25) is 10.0 Å². The van der Waals surface area contributed by atoms with Gasteiger partial charge in [-0.1, -0.05) is 53.9 Å². The van der Waals surface area contributed by atoms with Gasteiger partial charge in [-0.25, -0.2) is 0 Å². The van der Waals surface area contributed by atoms with E-state index in [-0.39, 0.29) is 18.2 Å². The molecule has 2 heterocycles. The summed E-state index contributed by atoms with van der Waals surface area (Å²) < 4.78 is 6.75. The molecule has 1 atom stereocenters. The Hall–Kier alpha value is -2.73. The van der Waals surface area contributed by atoms with E-state index in [1.165, 1.54) is 13.3 Å². The van der Waals surface area contributed by atoms with Gasteiger partial charge in [-0.05, 0) is 56.0 Å². The predicted molar refractivity (Wildman–Crippen MR) is 131 cm³/mol. The molecule has 1 saturated carbocycles. The number of carbonyl (C=O) groups excluding carboxylic acids is 2. The molecule has 7 heteroatoms. The lowest BCUT2D eigenvalue weighted by Gasteiger charge is -2.41. The highest BCUT2D eigenvalue weighted by molar-refractivity contribution is 6.30. The van der Waals surface area contributed by atoms with Crippen molar-refractivity contribution in [2.75, 3.05) is 6.61 Å². The zero-order chi connectivity index (χ0) is 23.9. The van der Waals surface area contributed by atoms with E-state index in [1.54, 1.807) is 47.5 Å². The summed E-state index contributed by atoms with van der Waals surface area (Å²) in [5.74, 6) is 0.148. The molecule has 1 amide bonds. The standard InChI is InChI=1S/C27H24Cl2N2O3/c1-17(32)19-5-12-25-24(13-19)26(33)31(15-23-11-10-22(29)14-30-23)27(25,34-16-18-3-2-4-18)20-6-8-21(28)9-7-20/h5-14,18H,2-4,15-16H2,1H3. The quantitative estimate of drug-likeness (QED) is 0.363. The SMILES string of the molecule is CC(=O)c1ccc2c(c1)C(=O)N(Cc1ccc(Cl)cn1)C2(OCC1CCC1)c1ccc(Cl)cc1. The summed E-state index contributed by atoms with van der Waals surface area (Å²) in [6, 6.07) is 16.2. The van der Waals surface area contributed by atoms with E-state index in [9.17, 15) is 9.59 Å². The third kappa shape index (κ3) is 4.02. The van der Waals surface area contributed by atoms with Gasteiger partial charge in [-0.3, -0.25) is 19.5 Å². The first-order valence-electron chi connectivity index (χ1n) is 11.4. The van der Waals surface area contributed by atoms with E-state index in [0.717, 1.165) is 24.0 Å². The van der Waals surface area contributed by atoms with Gasteiger partial charge in [0.15, 0.2) is 11.5 Å². The van der Waals surface area contributed by atoms with Crippen LogP contribution in [0.5, 0.6) is 0 Å². The summed E-state index contributed by atoms with van der Waals surface area (Å²) in [4.78, 5) is 32.1. The third-order valence-corrected chi connectivity index (χ3v) is 7.22. The van der Waals surface area contributed by atoms with E-state index in [1.807, 2.05) is 18.2 Å². The molecule has 2 aromatic carbocycles.